The summed E-state index contributed by atoms with van der Waals surface area (Å²) in [6, 6.07) is 13.2. The maximum atomic E-state index is 12.2. The number of pyridine rings is 1. The summed E-state index contributed by atoms with van der Waals surface area (Å²) in [5.74, 6) is 0.416. The monoisotopic (exact) mass is 351 g/mol. The van der Waals surface area contributed by atoms with Gasteiger partial charge in [-0.25, -0.2) is 4.98 Å². The summed E-state index contributed by atoms with van der Waals surface area (Å²) in [6.07, 6.45) is 1.75. The molecule has 3 rings (SSSR count). The van der Waals surface area contributed by atoms with Crippen molar-refractivity contribution in [2.75, 3.05) is 0 Å². The lowest BCUT2D eigenvalue weighted by Gasteiger charge is -2.09. The molecule has 0 bridgehead atoms. The molecule has 0 unspecified atom stereocenters. The number of carbonyl (C=O) groups is 1. The Balaban J connectivity index is 1.59. The Morgan fingerprint density at radius 1 is 1.19 bits per heavy atom. The predicted octanol–water partition coefficient (Wildman–Crippen LogP) is 3.76. The molecule has 2 heterocycles. The number of hydrogen-bond acceptors (Lipinski definition) is 5. The van der Waals surface area contributed by atoms with Gasteiger partial charge >= 0.3 is 0 Å². The highest BCUT2D eigenvalue weighted by atomic mass is 16.5. The molecule has 0 saturated heterocycles. The molecule has 0 aliphatic heterocycles. The quantitative estimate of drug-likeness (QED) is 0.731. The van der Waals surface area contributed by atoms with Gasteiger partial charge in [0.05, 0.1) is 6.10 Å². The molecule has 0 spiro atoms. The Labute approximate surface area is 152 Å². The van der Waals surface area contributed by atoms with Gasteiger partial charge in [-0.2, -0.15) is 0 Å². The summed E-state index contributed by atoms with van der Waals surface area (Å²) in [4.78, 5) is 16.5. The van der Waals surface area contributed by atoms with Crippen molar-refractivity contribution < 1.29 is 14.1 Å². The highest BCUT2D eigenvalue weighted by Crippen LogP contribution is 2.19. The molecular formula is C20H21N3O3. The maximum Gasteiger partial charge on any atom is 0.290 e. The number of hydrogen-bond donors (Lipinski definition) is 1. The van der Waals surface area contributed by atoms with Crippen LogP contribution in [0.5, 0.6) is 5.88 Å². The molecule has 6 nitrogen and oxygen atoms in total. The number of nitrogens with one attached hydrogen (secondary N) is 1. The standard InChI is InChI=1S/C20H21N3O3/c1-13(2)25-19-9-6-15(11-21-19)12-22-20(24)18-10-17(23-26-18)16-7-4-14(3)5-8-16/h4-11,13H,12H2,1-3H3,(H,22,24). The third-order valence-corrected chi connectivity index (χ3v) is 3.69. The van der Waals surface area contributed by atoms with Gasteiger partial charge < -0.3 is 14.6 Å². The fourth-order valence-electron chi connectivity index (χ4n) is 2.34. The molecule has 2 aromatic heterocycles. The number of ether oxygens (including phenoxy) is 1. The van der Waals surface area contributed by atoms with Crippen LogP contribution >= 0.6 is 0 Å². The molecule has 0 atom stereocenters. The van der Waals surface area contributed by atoms with Crippen molar-refractivity contribution in [2.24, 2.45) is 0 Å². The van der Waals surface area contributed by atoms with Gasteiger partial charge in [0.25, 0.3) is 5.91 Å². The van der Waals surface area contributed by atoms with Gasteiger partial charge in [0, 0.05) is 30.4 Å². The van der Waals surface area contributed by atoms with Crippen LogP contribution in [-0.2, 0) is 6.54 Å². The highest BCUT2D eigenvalue weighted by Gasteiger charge is 2.14. The smallest absolute Gasteiger partial charge is 0.290 e. The average molecular weight is 351 g/mol. The summed E-state index contributed by atoms with van der Waals surface area (Å²) in [5, 5.41) is 6.76. The van der Waals surface area contributed by atoms with Gasteiger partial charge in [-0.1, -0.05) is 41.1 Å². The number of aromatic nitrogens is 2. The molecule has 3 aromatic rings. The minimum absolute atomic E-state index is 0.0715. The lowest BCUT2D eigenvalue weighted by Crippen LogP contribution is -2.22. The van der Waals surface area contributed by atoms with Crippen molar-refractivity contribution >= 4 is 5.91 Å². The van der Waals surface area contributed by atoms with Crippen LogP contribution in [0.15, 0.2) is 53.2 Å². The van der Waals surface area contributed by atoms with Crippen molar-refractivity contribution in [2.45, 2.75) is 33.4 Å². The fourth-order valence-corrected chi connectivity index (χ4v) is 2.34. The minimum Gasteiger partial charge on any atom is -0.475 e. The van der Waals surface area contributed by atoms with E-state index in [-0.39, 0.29) is 17.8 Å². The summed E-state index contributed by atoms with van der Waals surface area (Å²) in [5.41, 5.74) is 3.57. The van der Waals surface area contributed by atoms with Crippen molar-refractivity contribution in [1.82, 2.24) is 15.5 Å². The molecule has 0 fully saturated rings. The van der Waals surface area contributed by atoms with E-state index in [2.05, 4.69) is 15.5 Å². The fraction of sp³-hybridized carbons (Fsp3) is 0.250. The van der Waals surface area contributed by atoms with Gasteiger partial charge in [-0.05, 0) is 26.3 Å². The predicted molar refractivity (Wildman–Crippen MR) is 97.8 cm³/mol. The van der Waals surface area contributed by atoms with Crippen LogP contribution in [0.3, 0.4) is 0 Å². The number of amides is 1. The minimum atomic E-state index is -0.321. The Kier molecular flexibility index (Phi) is 5.31. The van der Waals surface area contributed by atoms with Crippen LogP contribution in [0, 0.1) is 6.92 Å². The van der Waals surface area contributed by atoms with E-state index < -0.39 is 0 Å². The van der Waals surface area contributed by atoms with E-state index in [0.29, 0.717) is 18.1 Å². The summed E-state index contributed by atoms with van der Waals surface area (Å²) >= 11 is 0. The van der Waals surface area contributed by atoms with E-state index in [1.54, 1.807) is 18.3 Å². The van der Waals surface area contributed by atoms with Crippen molar-refractivity contribution in [3.63, 3.8) is 0 Å². The summed E-state index contributed by atoms with van der Waals surface area (Å²) in [7, 11) is 0. The zero-order valence-corrected chi connectivity index (χ0v) is 15.0. The van der Waals surface area contributed by atoms with Crippen LogP contribution < -0.4 is 10.1 Å². The molecule has 0 radical (unpaired) electrons. The zero-order valence-electron chi connectivity index (χ0n) is 15.0. The molecule has 0 saturated carbocycles. The van der Waals surface area contributed by atoms with E-state index in [4.69, 9.17) is 9.26 Å². The van der Waals surface area contributed by atoms with Crippen LogP contribution in [0.1, 0.15) is 35.5 Å². The van der Waals surface area contributed by atoms with Gasteiger partial charge in [0.2, 0.25) is 11.6 Å². The first-order chi connectivity index (χ1) is 12.5. The van der Waals surface area contributed by atoms with Crippen LogP contribution in [0.25, 0.3) is 11.3 Å². The van der Waals surface area contributed by atoms with E-state index in [1.165, 1.54) is 0 Å². The average Bonchev–Trinajstić information content (AvgIpc) is 3.11. The number of aryl methyl sites for hydroxylation is 1. The second kappa shape index (κ2) is 7.82. The van der Waals surface area contributed by atoms with Crippen molar-refractivity contribution in [3.8, 4) is 17.1 Å². The van der Waals surface area contributed by atoms with E-state index in [1.807, 2.05) is 51.1 Å². The van der Waals surface area contributed by atoms with E-state index in [9.17, 15) is 4.79 Å². The summed E-state index contributed by atoms with van der Waals surface area (Å²) in [6.45, 7) is 6.24. The molecule has 0 aliphatic carbocycles. The first-order valence-corrected chi connectivity index (χ1v) is 8.45. The molecule has 6 heteroatoms. The highest BCUT2D eigenvalue weighted by molar-refractivity contribution is 5.92. The maximum absolute atomic E-state index is 12.2. The second-order valence-corrected chi connectivity index (χ2v) is 6.30. The Morgan fingerprint density at radius 3 is 2.62 bits per heavy atom. The van der Waals surface area contributed by atoms with Crippen molar-refractivity contribution in [3.05, 3.63) is 65.5 Å². The van der Waals surface area contributed by atoms with Crippen molar-refractivity contribution in [1.29, 1.82) is 0 Å². The number of nitrogens with zero attached hydrogens (tertiary/aromatic N) is 2. The topological polar surface area (TPSA) is 77.2 Å². The SMILES string of the molecule is Cc1ccc(-c2cc(C(=O)NCc3ccc(OC(C)C)nc3)on2)cc1. The van der Waals surface area contributed by atoms with Crippen LogP contribution in [0.4, 0.5) is 0 Å². The number of carbonyl (C=O) groups excluding carboxylic acids is 1. The van der Waals surface area contributed by atoms with Gasteiger partial charge in [-0.3, -0.25) is 4.79 Å². The Bertz CT molecular complexity index is 868. The van der Waals surface area contributed by atoms with Gasteiger partial charge in [-0.15, -0.1) is 0 Å². The normalized spacial score (nSPS) is 10.8. The Hall–Kier alpha value is -3.15. The second-order valence-electron chi connectivity index (χ2n) is 6.30. The van der Waals surface area contributed by atoms with Gasteiger partial charge in [0.15, 0.2) is 0 Å². The van der Waals surface area contributed by atoms with Gasteiger partial charge in [0.1, 0.15) is 5.69 Å². The lowest BCUT2D eigenvalue weighted by atomic mass is 10.1. The molecule has 1 N–H and O–H groups in total. The van der Waals surface area contributed by atoms with E-state index in [0.717, 1.165) is 16.7 Å². The summed E-state index contributed by atoms with van der Waals surface area (Å²) < 4.78 is 10.7. The zero-order chi connectivity index (χ0) is 18.5. The third-order valence-electron chi connectivity index (χ3n) is 3.69. The molecule has 0 aliphatic rings. The molecular weight excluding hydrogens is 330 g/mol. The Morgan fingerprint density at radius 2 is 1.96 bits per heavy atom. The first-order valence-electron chi connectivity index (χ1n) is 8.45. The first kappa shape index (κ1) is 17.7. The largest absolute Gasteiger partial charge is 0.475 e. The van der Waals surface area contributed by atoms with E-state index >= 15 is 0 Å². The molecule has 134 valence electrons. The number of benzene rings is 1. The lowest BCUT2D eigenvalue weighted by molar-refractivity contribution is 0.0914. The molecule has 1 amide bonds. The van der Waals surface area contributed by atoms with Crippen LogP contribution in [-0.4, -0.2) is 22.2 Å². The third kappa shape index (κ3) is 4.47. The number of rotatable bonds is 6. The molecule has 1 aromatic carbocycles. The molecule has 26 heavy (non-hydrogen) atoms. The van der Waals surface area contributed by atoms with Crippen LogP contribution in [0.2, 0.25) is 0 Å².